The van der Waals surface area contributed by atoms with Gasteiger partial charge in [-0.05, 0) is 30.7 Å². The summed E-state index contributed by atoms with van der Waals surface area (Å²) in [5, 5.41) is 10.1. The van der Waals surface area contributed by atoms with E-state index in [1.54, 1.807) is 22.9 Å². The Kier molecular flexibility index (Phi) is 2.90. The molecule has 4 rings (SSSR count). The lowest BCUT2D eigenvalue weighted by Gasteiger charge is -2.17. The first kappa shape index (κ1) is 13.5. The Labute approximate surface area is 131 Å². The molecule has 0 saturated heterocycles. The maximum absolute atomic E-state index is 12.9. The second-order valence-electron chi connectivity index (χ2n) is 5.36. The lowest BCUT2D eigenvalue weighted by atomic mass is 10.1. The molecule has 1 N–H and O–H groups in total. The average Bonchev–Trinajstić information content (AvgIpc) is 3.02. The van der Waals surface area contributed by atoms with Crippen LogP contribution in [0.1, 0.15) is 5.56 Å². The predicted molar refractivity (Wildman–Crippen MR) is 86.4 cm³/mol. The number of carboxylic acid groups (broad SMARTS) is 1. The molecule has 6 nitrogen and oxygen atoms in total. The summed E-state index contributed by atoms with van der Waals surface area (Å²) in [7, 11) is 0. The van der Waals surface area contributed by atoms with E-state index in [1.165, 1.54) is 4.90 Å². The Bertz CT molecular complexity index is 980. The fourth-order valence-electron chi connectivity index (χ4n) is 3.13. The highest BCUT2D eigenvalue weighted by Crippen LogP contribution is 2.33. The van der Waals surface area contributed by atoms with Crippen molar-refractivity contribution in [3.05, 3.63) is 64.6 Å². The average molecular weight is 307 g/mol. The number of pyridine rings is 2. The van der Waals surface area contributed by atoms with Crippen LogP contribution in [-0.4, -0.2) is 27.3 Å². The zero-order valence-electron chi connectivity index (χ0n) is 12.1. The van der Waals surface area contributed by atoms with Gasteiger partial charge in [-0.3, -0.25) is 14.3 Å². The van der Waals surface area contributed by atoms with Crippen LogP contribution in [0.15, 0.2) is 53.5 Å². The van der Waals surface area contributed by atoms with Crippen molar-refractivity contribution in [3.63, 3.8) is 0 Å². The molecule has 0 unspecified atom stereocenters. The highest BCUT2D eigenvalue weighted by atomic mass is 16.4. The van der Waals surface area contributed by atoms with E-state index in [0.717, 1.165) is 5.69 Å². The minimum Gasteiger partial charge on any atom is -0.465 e. The van der Waals surface area contributed by atoms with Crippen molar-refractivity contribution in [2.45, 2.75) is 6.42 Å². The molecule has 6 heteroatoms. The molecule has 0 radical (unpaired) electrons. The van der Waals surface area contributed by atoms with Crippen LogP contribution >= 0.6 is 0 Å². The minimum atomic E-state index is -1.05. The molecular formula is C17H13N3O3. The maximum atomic E-state index is 12.9. The molecule has 23 heavy (non-hydrogen) atoms. The largest absolute Gasteiger partial charge is 0.465 e. The van der Waals surface area contributed by atoms with Crippen molar-refractivity contribution in [2.24, 2.45) is 0 Å². The van der Waals surface area contributed by atoms with Crippen molar-refractivity contribution in [1.29, 1.82) is 0 Å². The Morgan fingerprint density at radius 3 is 2.65 bits per heavy atom. The first-order valence-electron chi connectivity index (χ1n) is 7.27. The fraction of sp³-hybridized carbons (Fsp3) is 0.118. The zero-order chi connectivity index (χ0) is 16.0. The number of anilines is 1. The van der Waals surface area contributed by atoms with Crippen molar-refractivity contribution in [1.82, 2.24) is 9.55 Å². The van der Waals surface area contributed by atoms with Gasteiger partial charge in [0.15, 0.2) is 0 Å². The molecule has 1 aliphatic rings. The molecule has 0 atom stereocenters. The maximum Gasteiger partial charge on any atom is 0.411 e. The number of para-hydroxylation sites is 1. The topological polar surface area (TPSA) is 75.4 Å². The highest BCUT2D eigenvalue weighted by Gasteiger charge is 2.30. The first-order chi connectivity index (χ1) is 11.2. The lowest BCUT2D eigenvalue weighted by molar-refractivity contribution is 0.202. The van der Waals surface area contributed by atoms with Crippen LogP contribution in [0.2, 0.25) is 0 Å². The molecule has 1 amide bonds. The van der Waals surface area contributed by atoms with E-state index in [-0.39, 0.29) is 5.56 Å². The Morgan fingerprint density at radius 2 is 1.91 bits per heavy atom. The van der Waals surface area contributed by atoms with Gasteiger partial charge in [0.25, 0.3) is 5.56 Å². The standard InChI is InChI=1S/C17H13N3O3/c21-16-13-8-10-19(17(22)23)14(13)12-7-4-9-18-15(12)20(16)11-5-2-1-3-6-11/h1-7,9H,8,10H2,(H,22,23). The van der Waals surface area contributed by atoms with Crippen molar-refractivity contribution in [3.8, 4) is 5.69 Å². The molecule has 0 spiro atoms. The summed E-state index contributed by atoms with van der Waals surface area (Å²) in [5.74, 6) is 0. The van der Waals surface area contributed by atoms with Gasteiger partial charge in [0.2, 0.25) is 0 Å². The van der Waals surface area contributed by atoms with Crippen molar-refractivity contribution < 1.29 is 9.90 Å². The third-order valence-electron chi connectivity index (χ3n) is 4.10. The SMILES string of the molecule is O=C(O)N1CCc2c1c1cccnc1n(-c1ccccc1)c2=O. The van der Waals surface area contributed by atoms with Crippen LogP contribution in [0.5, 0.6) is 0 Å². The van der Waals surface area contributed by atoms with Crippen LogP contribution < -0.4 is 10.5 Å². The van der Waals surface area contributed by atoms with Crippen LogP contribution in [0.3, 0.4) is 0 Å². The first-order valence-corrected chi connectivity index (χ1v) is 7.27. The van der Waals surface area contributed by atoms with Crippen LogP contribution in [0, 0.1) is 0 Å². The highest BCUT2D eigenvalue weighted by molar-refractivity contribution is 6.01. The van der Waals surface area contributed by atoms with Gasteiger partial charge in [-0.2, -0.15) is 0 Å². The number of rotatable bonds is 1. The molecule has 0 fully saturated rings. The van der Waals surface area contributed by atoms with Gasteiger partial charge in [-0.15, -0.1) is 0 Å². The Balaban J connectivity index is 2.14. The smallest absolute Gasteiger partial charge is 0.411 e. The summed E-state index contributed by atoms with van der Waals surface area (Å²) in [6.07, 6.45) is 0.969. The molecule has 2 aromatic heterocycles. The van der Waals surface area contributed by atoms with E-state index in [1.807, 2.05) is 30.3 Å². The summed E-state index contributed by atoms with van der Waals surface area (Å²) in [5.41, 5.74) is 1.98. The van der Waals surface area contributed by atoms with Gasteiger partial charge in [-0.1, -0.05) is 18.2 Å². The van der Waals surface area contributed by atoms with E-state index >= 15 is 0 Å². The molecular weight excluding hydrogens is 294 g/mol. The van der Waals surface area contributed by atoms with E-state index in [4.69, 9.17) is 0 Å². The second-order valence-corrected chi connectivity index (χ2v) is 5.36. The summed E-state index contributed by atoms with van der Waals surface area (Å²) in [6, 6.07) is 12.8. The third-order valence-corrected chi connectivity index (χ3v) is 4.10. The van der Waals surface area contributed by atoms with Gasteiger partial charge in [0, 0.05) is 23.7 Å². The molecule has 1 aliphatic heterocycles. The Morgan fingerprint density at radius 1 is 1.13 bits per heavy atom. The number of aromatic nitrogens is 2. The molecule has 0 bridgehead atoms. The quantitative estimate of drug-likeness (QED) is 0.749. The van der Waals surface area contributed by atoms with Gasteiger partial charge >= 0.3 is 6.09 Å². The minimum absolute atomic E-state index is 0.207. The van der Waals surface area contributed by atoms with Crippen LogP contribution in [0.4, 0.5) is 10.5 Å². The van der Waals surface area contributed by atoms with Crippen molar-refractivity contribution in [2.75, 3.05) is 11.4 Å². The van der Waals surface area contributed by atoms with Crippen molar-refractivity contribution >= 4 is 22.8 Å². The van der Waals surface area contributed by atoms with E-state index in [2.05, 4.69) is 4.98 Å². The monoisotopic (exact) mass is 307 g/mol. The van der Waals surface area contributed by atoms with Gasteiger partial charge in [0.1, 0.15) is 5.65 Å². The predicted octanol–water partition coefficient (Wildman–Crippen LogP) is 2.43. The third kappa shape index (κ3) is 1.92. The molecule has 0 aliphatic carbocycles. The zero-order valence-corrected chi connectivity index (χ0v) is 12.1. The number of hydrogen-bond donors (Lipinski definition) is 1. The summed E-state index contributed by atoms with van der Waals surface area (Å²) < 4.78 is 1.56. The molecule has 1 aromatic carbocycles. The molecule has 3 heterocycles. The number of amides is 1. The van der Waals surface area contributed by atoms with Gasteiger partial charge < -0.3 is 5.11 Å². The van der Waals surface area contributed by atoms with Gasteiger partial charge in [0.05, 0.1) is 11.4 Å². The van der Waals surface area contributed by atoms with E-state index in [0.29, 0.717) is 35.2 Å². The number of carbonyl (C=O) groups is 1. The van der Waals surface area contributed by atoms with E-state index < -0.39 is 6.09 Å². The lowest BCUT2D eigenvalue weighted by Crippen LogP contribution is -2.28. The summed E-state index contributed by atoms with van der Waals surface area (Å²) in [4.78, 5) is 30.0. The van der Waals surface area contributed by atoms with Crippen LogP contribution in [-0.2, 0) is 6.42 Å². The second kappa shape index (κ2) is 4.95. The van der Waals surface area contributed by atoms with Gasteiger partial charge in [-0.25, -0.2) is 9.78 Å². The molecule has 3 aromatic rings. The normalized spacial score (nSPS) is 13.3. The summed E-state index contributed by atoms with van der Waals surface area (Å²) >= 11 is 0. The van der Waals surface area contributed by atoms with E-state index in [9.17, 15) is 14.7 Å². The number of hydrogen-bond acceptors (Lipinski definition) is 3. The number of fused-ring (bicyclic) bond motifs is 3. The van der Waals surface area contributed by atoms with Crippen LogP contribution in [0.25, 0.3) is 16.7 Å². The fourth-order valence-corrected chi connectivity index (χ4v) is 3.13. The molecule has 0 saturated carbocycles. The number of benzene rings is 1. The molecule has 114 valence electrons. The summed E-state index contributed by atoms with van der Waals surface area (Å²) in [6.45, 7) is 0.294. The number of nitrogens with zero attached hydrogens (tertiary/aromatic N) is 3. The Hall–Kier alpha value is -3.15.